The smallest absolute Gasteiger partial charge is 0.271 e. The number of carbonyl (C=O) groups excluding carboxylic acids is 1. The third-order valence-electron chi connectivity index (χ3n) is 5.06. The van der Waals surface area contributed by atoms with Gasteiger partial charge in [-0.15, -0.1) is 0 Å². The maximum Gasteiger partial charge on any atom is 0.271 e. The Labute approximate surface area is 195 Å². The number of anilines is 1. The molecule has 1 amide bonds. The highest BCUT2D eigenvalue weighted by atomic mass is 32.2. The van der Waals surface area contributed by atoms with Gasteiger partial charge in [0, 0.05) is 25.1 Å². The number of rotatable bonds is 12. The highest BCUT2D eigenvalue weighted by Gasteiger charge is 2.22. The average molecular weight is 478 g/mol. The van der Waals surface area contributed by atoms with Crippen LogP contribution in [-0.2, 0) is 14.8 Å². The van der Waals surface area contributed by atoms with E-state index in [-0.39, 0.29) is 36.7 Å². The first-order valence-corrected chi connectivity index (χ1v) is 12.6. The molecule has 0 bridgehead atoms. The molecule has 0 aliphatic carbocycles. The van der Waals surface area contributed by atoms with Gasteiger partial charge < -0.3 is 10.1 Å². The van der Waals surface area contributed by atoms with Crippen LogP contribution in [0.15, 0.2) is 42.5 Å². The Morgan fingerprint density at radius 2 is 1.91 bits per heavy atom. The largest absolute Gasteiger partial charge is 0.491 e. The number of aryl methyl sites for hydroxylation is 1. The van der Waals surface area contributed by atoms with E-state index in [0.717, 1.165) is 21.9 Å². The molecule has 0 aliphatic heterocycles. The van der Waals surface area contributed by atoms with Crippen LogP contribution in [0.3, 0.4) is 0 Å². The molecule has 0 atom stereocenters. The second-order valence-electron chi connectivity index (χ2n) is 8.06. The van der Waals surface area contributed by atoms with Gasteiger partial charge in [0.1, 0.15) is 12.4 Å². The molecule has 0 aromatic heterocycles. The molecule has 0 saturated heterocycles. The van der Waals surface area contributed by atoms with Crippen LogP contribution in [0.5, 0.6) is 5.75 Å². The topological polar surface area (TPSA) is 119 Å². The lowest BCUT2D eigenvalue weighted by Crippen LogP contribution is -2.33. The summed E-state index contributed by atoms with van der Waals surface area (Å²) in [4.78, 5) is 22.7. The van der Waals surface area contributed by atoms with Crippen molar-refractivity contribution in [2.75, 3.05) is 30.3 Å². The minimum Gasteiger partial charge on any atom is -0.491 e. The molecule has 9 nitrogen and oxygen atoms in total. The Bertz CT molecular complexity index is 1090. The van der Waals surface area contributed by atoms with Gasteiger partial charge in [-0.2, -0.15) is 0 Å². The predicted molar refractivity (Wildman–Crippen MR) is 128 cm³/mol. The van der Waals surface area contributed by atoms with Gasteiger partial charge in [0.05, 0.1) is 23.4 Å². The van der Waals surface area contributed by atoms with Crippen LogP contribution in [0.4, 0.5) is 11.4 Å². The minimum atomic E-state index is -3.68. The number of nitrogens with one attached hydrogen (secondary N) is 1. The van der Waals surface area contributed by atoms with E-state index in [0.29, 0.717) is 24.6 Å². The molecule has 180 valence electrons. The van der Waals surface area contributed by atoms with Crippen molar-refractivity contribution in [3.63, 3.8) is 0 Å². The molecular weight excluding hydrogens is 446 g/mol. The molecule has 33 heavy (non-hydrogen) atoms. The number of nitrogens with zero attached hydrogens (tertiary/aromatic N) is 2. The molecule has 10 heteroatoms. The van der Waals surface area contributed by atoms with E-state index in [2.05, 4.69) is 19.2 Å². The molecule has 0 radical (unpaired) electrons. The second kappa shape index (κ2) is 11.6. The maximum atomic E-state index is 12.3. The van der Waals surface area contributed by atoms with Crippen molar-refractivity contribution in [1.82, 2.24) is 5.32 Å². The second-order valence-corrected chi connectivity index (χ2v) is 9.96. The number of sulfonamides is 1. The van der Waals surface area contributed by atoms with Gasteiger partial charge in [0.25, 0.3) is 5.69 Å². The molecule has 0 aliphatic rings. The summed E-state index contributed by atoms with van der Waals surface area (Å²) >= 11 is 0. The highest BCUT2D eigenvalue weighted by Crippen LogP contribution is 2.28. The third-order valence-corrected chi connectivity index (χ3v) is 6.24. The molecule has 0 heterocycles. The first kappa shape index (κ1) is 26.1. The van der Waals surface area contributed by atoms with Crippen LogP contribution in [0.1, 0.15) is 43.7 Å². The number of hydrogen-bond donors (Lipinski definition) is 1. The summed E-state index contributed by atoms with van der Waals surface area (Å²) in [5.74, 6) is 0.890. The Morgan fingerprint density at radius 3 is 2.55 bits per heavy atom. The molecule has 1 N–H and O–H groups in total. The molecule has 2 aromatic rings. The van der Waals surface area contributed by atoms with Crippen LogP contribution in [0, 0.1) is 17.0 Å². The summed E-state index contributed by atoms with van der Waals surface area (Å²) in [5, 5.41) is 13.9. The van der Waals surface area contributed by atoms with Gasteiger partial charge in [-0.3, -0.25) is 19.2 Å². The Kier molecular flexibility index (Phi) is 9.22. The fourth-order valence-electron chi connectivity index (χ4n) is 3.36. The Morgan fingerprint density at radius 1 is 1.21 bits per heavy atom. The van der Waals surface area contributed by atoms with E-state index in [1.54, 1.807) is 6.92 Å². The molecule has 0 spiro atoms. The van der Waals surface area contributed by atoms with Crippen molar-refractivity contribution in [2.24, 2.45) is 0 Å². The number of para-hydroxylation sites is 1. The lowest BCUT2D eigenvalue weighted by molar-refractivity contribution is -0.384. The molecule has 0 saturated carbocycles. The Hall–Kier alpha value is -3.14. The fourth-order valence-corrected chi connectivity index (χ4v) is 4.37. The van der Waals surface area contributed by atoms with E-state index in [1.807, 2.05) is 24.3 Å². The van der Waals surface area contributed by atoms with E-state index in [1.165, 1.54) is 18.2 Å². The van der Waals surface area contributed by atoms with Gasteiger partial charge in [-0.05, 0) is 36.5 Å². The molecule has 2 aromatic carbocycles. The van der Waals surface area contributed by atoms with Crippen LogP contribution < -0.4 is 14.4 Å². The van der Waals surface area contributed by atoms with Crippen LogP contribution in [0.2, 0.25) is 0 Å². The van der Waals surface area contributed by atoms with Crippen molar-refractivity contribution in [3.05, 3.63) is 63.7 Å². The van der Waals surface area contributed by atoms with Gasteiger partial charge in [-0.25, -0.2) is 8.42 Å². The standard InChI is InChI=1S/C23H31N3O6S/c1-17(2)20-8-5-6-9-22(20)32-15-13-24-23(27)10-7-14-25(33(4,30)31)21-16-19(26(28)29)12-11-18(21)3/h5-6,8-9,11-12,16-17H,7,10,13-15H2,1-4H3,(H,24,27). The molecule has 0 unspecified atom stereocenters. The zero-order chi connectivity index (χ0) is 24.6. The van der Waals surface area contributed by atoms with Gasteiger partial charge in [0.15, 0.2) is 0 Å². The Balaban J connectivity index is 1.88. The minimum absolute atomic E-state index is 0.0343. The van der Waals surface area contributed by atoms with E-state index in [9.17, 15) is 23.3 Å². The summed E-state index contributed by atoms with van der Waals surface area (Å²) in [6.07, 6.45) is 1.42. The number of benzene rings is 2. The lowest BCUT2D eigenvalue weighted by atomic mass is 10.0. The number of carbonyl (C=O) groups is 1. The number of ether oxygens (including phenoxy) is 1. The summed E-state index contributed by atoms with van der Waals surface area (Å²) in [5.41, 5.74) is 1.74. The average Bonchev–Trinajstić information content (AvgIpc) is 2.74. The van der Waals surface area contributed by atoms with Crippen molar-refractivity contribution in [3.8, 4) is 5.75 Å². The zero-order valence-electron chi connectivity index (χ0n) is 19.4. The maximum absolute atomic E-state index is 12.3. The lowest BCUT2D eigenvalue weighted by Gasteiger charge is -2.24. The van der Waals surface area contributed by atoms with Gasteiger partial charge in [0.2, 0.25) is 15.9 Å². The fraction of sp³-hybridized carbons (Fsp3) is 0.435. The predicted octanol–water partition coefficient (Wildman–Crippen LogP) is 3.77. The third kappa shape index (κ3) is 7.74. The van der Waals surface area contributed by atoms with E-state index >= 15 is 0 Å². The zero-order valence-corrected chi connectivity index (χ0v) is 20.2. The van der Waals surface area contributed by atoms with Crippen LogP contribution in [0.25, 0.3) is 0 Å². The SMILES string of the molecule is Cc1ccc([N+](=O)[O-])cc1N(CCCC(=O)NCCOc1ccccc1C(C)C)S(C)(=O)=O. The first-order chi connectivity index (χ1) is 15.5. The molecule has 0 fully saturated rings. The molecule has 2 rings (SSSR count). The summed E-state index contributed by atoms with van der Waals surface area (Å²) < 4.78 is 31.5. The summed E-state index contributed by atoms with van der Waals surface area (Å²) in [6.45, 7) is 6.52. The van der Waals surface area contributed by atoms with E-state index in [4.69, 9.17) is 4.74 Å². The number of hydrogen-bond acceptors (Lipinski definition) is 6. The number of non-ortho nitro benzene ring substituents is 1. The van der Waals surface area contributed by atoms with Crippen molar-refractivity contribution in [1.29, 1.82) is 0 Å². The monoisotopic (exact) mass is 477 g/mol. The van der Waals surface area contributed by atoms with Crippen LogP contribution >= 0.6 is 0 Å². The normalized spacial score (nSPS) is 11.3. The van der Waals surface area contributed by atoms with Crippen molar-refractivity contribution < 1.29 is 22.9 Å². The number of nitro groups is 1. The molecular formula is C23H31N3O6S. The van der Waals surface area contributed by atoms with Crippen molar-refractivity contribution >= 4 is 27.3 Å². The van der Waals surface area contributed by atoms with E-state index < -0.39 is 14.9 Å². The number of amides is 1. The highest BCUT2D eigenvalue weighted by molar-refractivity contribution is 7.92. The van der Waals surface area contributed by atoms with Crippen LogP contribution in [-0.4, -0.2) is 45.2 Å². The summed E-state index contributed by atoms with van der Waals surface area (Å²) in [6, 6.07) is 11.8. The van der Waals surface area contributed by atoms with Crippen molar-refractivity contribution in [2.45, 2.75) is 39.5 Å². The quantitative estimate of drug-likeness (QED) is 0.282. The first-order valence-electron chi connectivity index (χ1n) is 10.7. The number of nitro benzene ring substituents is 1. The summed E-state index contributed by atoms with van der Waals surface area (Å²) in [7, 11) is -3.68. The van der Waals surface area contributed by atoms with Gasteiger partial charge >= 0.3 is 0 Å². The van der Waals surface area contributed by atoms with Gasteiger partial charge in [-0.1, -0.05) is 38.1 Å².